The smallest absolute Gasteiger partial charge is 0.224 e. The summed E-state index contributed by atoms with van der Waals surface area (Å²) in [6.45, 7) is 4.28. The number of halogens is 1. The largest absolute Gasteiger partial charge is 0.367 e. The molecule has 1 heterocycles. The van der Waals surface area contributed by atoms with Crippen LogP contribution in [0.5, 0.6) is 0 Å². The van der Waals surface area contributed by atoms with E-state index >= 15 is 0 Å². The average Bonchev–Trinajstić information content (AvgIpc) is 2.04. The zero-order valence-electron chi connectivity index (χ0n) is 7.92. The Morgan fingerprint density at radius 1 is 1.62 bits per heavy atom. The summed E-state index contributed by atoms with van der Waals surface area (Å²) < 4.78 is 0. The van der Waals surface area contributed by atoms with Gasteiger partial charge in [-0.2, -0.15) is 0 Å². The van der Waals surface area contributed by atoms with E-state index in [0.717, 1.165) is 18.7 Å². The van der Waals surface area contributed by atoms with Gasteiger partial charge in [0.1, 0.15) is 5.82 Å². The van der Waals surface area contributed by atoms with Crippen molar-refractivity contribution in [3.8, 4) is 0 Å². The molecule has 0 aliphatic rings. The zero-order valence-corrected chi connectivity index (χ0v) is 8.67. The van der Waals surface area contributed by atoms with Gasteiger partial charge in [0.25, 0.3) is 0 Å². The van der Waals surface area contributed by atoms with Crippen LogP contribution in [-0.2, 0) is 0 Å². The average molecular weight is 200 g/mol. The molecule has 0 aliphatic carbocycles. The fourth-order valence-electron chi connectivity index (χ4n) is 1.17. The first-order valence-electron chi connectivity index (χ1n) is 4.47. The summed E-state index contributed by atoms with van der Waals surface area (Å²) in [6.07, 6.45) is 3.94. The SMILES string of the molecule is CCCC(C)Nc1ccnc(Cl)n1. The third kappa shape index (κ3) is 3.59. The molecular weight excluding hydrogens is 186 g/mol. The molecule has 1 rings (SSSR count). The second-order valence-corrected chi connectivity index (χ2v) is 3.38. The Labute approximate surface area is 83.5 Å². The highest BCUT2D eigenvalue weighted by molar-refractivity contribution is 6.28. The molecule has 0 bridgehead atoms. The quantitative estimate of drug-likeness (QED) is 0.758. The van der Waals surface area contributed by atoms with Gasteiger partial charge in [0.15, 0.2) is 0 Å². The lowest BCUT2D eigenvalue weighted by Gasteiger charge is -2.12. The maximum atomic E-state index is 5.64. The van der Waals surface area contributed by atoms with E-state index in [1.165, 1.54) is 0 Å². The summed E-state index contributed by atoms with van der Waals surface area (Å²) in [7, 11) is 0. The number of anilines is 1. The van der Waals surface area contributed by atoms with Crippen LogP contribution in [0.25, 0.3) is 0 Å². The van der Waals surface area contributed by atoms with Crippen molar-refractivity contribution in [1.82, 2.24) is 9.97 Å². The topological polar surface area (TPSA) is 37.8 Å². The second kappa shape index (κ2) is 5.02. The Kier molecular flexibility index (Phi) is 3.96. The minimum Gasteiger partial charge on any atom is -0.367 e. The predicted molar refractivity (Wildman–Crippen MR) is 55.0 cm³/mol. The van der Waals surface area contributed by atoms with Crippen LogP contribution in [0.15, 0.2) is 12.3 Å². The molecule has 1 unspecified atom stereocenters. The maximum absolute atomic E-state index is 5.64. The molecule has 0 aromatic carbocycles. The summed E-state index contributed by atoms with van der Waals surface area (Å²) in [5.41, 5.74) is 0. The van der Waals surface area contributed by atoms with Gasteiger partial charge < -0.3 is 5.32 Å². The number of rotatable bonds is 4. The van der Waals surface area contributed by atoms with E-state index in [4.69, 9.17) is 11.6 Å². The molecule has 0 spiro atoms. The van der Waals surface area contributed by atoms with Crippen molar-refractivity contribution in [3.63, 3.8) is 0 Å². The monoisotopic (exact) mass is 199 g/mol. The van der Waals surface area contributed by atoms with Gasteiger partial charge in [0.2, 0.25) is 5.28 Å². The summed E-state index contributed by atoms with van der Waals surface area (Å²) in [6, 6.07) is 2.24. The van der Waals surface area contributed by atoms with Gasteiger partial charge in [-0.05, 0) is 31.0 Å². The van der Waals surface area contributed by atoms with Gasteiger partial charge in [-0.3, -0.25) is 0 Å². The Hall–Kier alpha value is -0.830. The van der Waals surface area contributed by atoms with Gasteiger partial charge in [-0.1, -0.05) is 13.3 Å². The van der Waals surface area contributed by atoms with Crippen LogP contribution in [0.4, 0.5) is 5.82 Å². The molecule has 0 saturated carbocycles. The minimum atomic E-state index is 0.286. The van der Waals surface area contributed by atoms with Crippen molar-refractivity contribution < 1.29 is 0 Å². The maximum Gasteiger partial charge on any atom is 0.224 e. The van der Waals surface area contributed by atoms with Crippen molar-refractivity contribution in [2.24, 2.45) is 0 Å². The Morgan fingerprint density at radius 3 is 3.00 bits per heavy atom. The number of hydrogen-bond donors (Lipinski definition) is 1. The molecule has 0 amide bonds. The summed E-state index contributed by atoms with van der Waals surface area (Å²) >= 11 is 5.64. The molecule has 3 nitrogen and oxygen atoms in total. The molecule has 4 heteroatoms. The van der Waals surface area contributed by atoms with E-state index in [1.807, 2.05) is 6.07 Å². The van der Waals surface area contributed by atoms with E-state index in [2.05, 4.69) is 29.1 Å². The number of hydrogen-bond acceptors (Lipinski definition) is 3. The molecule has 1 N–H and O–H groups in total. The van der Waals surface area contributed by atoms with Crippen LogP contribution in [-0.4, -0.2) is 16.0 Å². The fraction of sp³-hybridized carbons (Fsp3) is 0.556. The van der Waals surface area contributed by atoms with Gasteiger partial charge >= 0.3 is 0 Å². The molecule has 1 atom stereocenters. The first-order valence-corrected chi connectivity index (χ1v) is 4.85. The van der Waals surface area contributed by atoms with E-state index in [9.17, 15) is 0 Å². The minimum absolute atomic E-state index is 0.286. The standard InChI is InChI=1S/C9H14ClN3/c1-3-4-7(2)12-8-5-6-11-9(10)13-8/h5-7H,3-4H2,1-2H3,(H,11,12,13). The zero-order chi connectivity index (χ0) is 9.68. The Bertz CT molecular complexity index is 265. The lowest BCUT2D eigenvalue weighted by Crippen LogP contribution is -2.15. The highest BCUT2D eigenvalue weighted by Crippen LogP contribution is 2.09. The van der Waals surface area contributed by atoms with Gasteiger partial charge in [-0.25, -0.2) is 9.97 Å². The molecule has 0 radical (unpaired) electrons. The Morgan fingerprint density at radius 2 is 2.38 bits per heavy atom. The molecule has 72 valence electrons. The molecule has 1 aromatic rings. The summed E-state index contributed by atoms with van der Waals surface area (Å²) in [4.78, 5) is 7.85. The Balaban J connectivity index is 2.53. The van der Waals surface area contributed by atoms with Crippen LogP contribution >= 0.6 is 11.6 Å². The van der Waals surface area contributed by atoms with E-state index in [1.54, 1.807) is 6.20 Å². The molecule has 0 fully saturated rings. The molecular formula is C9H14ClN3. The van der Waals surface area contributed by atoms with Crippen molar-refractivity contribution in [2.75, 3.05) is 5.32 Å². The highest BCUT2D eigenvalue weighted by atomic mass is 35.5. The first-order chi connectivity index (χ1) is 6.22. The van der Waals surface area contributed by atoms with E-state index < -0.39 is 0 Å². The molecule has 0 aliphatic heterocycles. The number of aromatic nitrogens is 2. The van der Waals surface area contributed by atoms with Crippen LogP contribution in [0.2, 0.25) is 5.28 Å². The first kappa shape index (κ1) is 10.3. The summed E-state index contributed by atoms with van der Waals surface area (Å²) in [5, 5.41) is 3.53. The van der Waals surface area contributed by atoms with Crippen LogP contribution in [0.1, 0.15) is 26.7 Å². The van der Waals surface area contributed by atoms with Crippen molar-refractivity contribution in [3.05, 3.63) is 17.5 Å². The molecule has 1 aromatic heterocycles. The molecule has 13 heavy (non-hydrogen) atoms. The van der Waals surface area contributed by atoms with Crippen LogP contribution in [0.3, 0.4) is 0 Å². The lowest BCUT2D eigenvalue weighted by molar-refractivity contribution is 0.687. The normalized spacial score (nSPS) is 12.5. The van der Waals surface area contributed by atoms with Gasteiger partial charge in [-0.15, -0.1) is 0 Å². The van der Waals surface area contributed by atoms with Crippen LogP contribution in [0, 0.1) is 0 Å². The number of nitrogens with zero attached hydrogens (tertiary/aromatic N) is 2. The molecule has 0 saturated heterocycles. The van der Waals surface area contributed by atoms with Crippen molar-refractivity contribution in [1.29, 1.82) is 0 Å². The van der Waals surface area contributed by atoms with Crippen LogP contribution < -0.4 is 5.32 Å². The van der Waals surface area contributed by atoms with Crippen molar-refractivity contribution in [2.45, 2.75) is 32.7 Å². The third-order valence-corrected chi connectivity index (χ3v) is 1.92. The number of nitrogens with one attached hydrogen (secondary N) is 1. The predicted octanol–water partition coefficient (Wildman–Crippen LogP) is 2.73. The van der Waals surface area contributed by atoms with Gasteiger partial charge in [0.05, 0.1) is 0 Å². The third-order valence-electron chi connectivity index (χ3n) is 1.74. The lowest BCUT2D eigenvalue weighted by atomic mass is 10.2. The van der Waals surface area contributed by atoms with E-state index in [0.29, 0.717) is 6.04 Å². The van der Waals surface area contributed by atoms with Crippen molar-refractivity contribution >= 4 is 17.4 Å². The van der Waals surface area contributed by atoms with E-state index in [-0.39, 0.29) is 5.28 Å². The van der Waals surface area contributed by atoms with Gasteiger partial charge in [0, 0.05) is 12.2 Å². The fourth-order valence-corrected chi connectivity index (χ4v) is 1.32. The summed E-state index contributed by atoms with van der Waals surface area (Å²) in [5.74, 6) is 0.793. The highest BCUT2D eigenvalue weighted by Gasteiger charge is 2.01. The second-order valence-electron chi connectivity index (χ2n) is 3.04.